The predicted molar refractivity (Wildman–Crippen MR) is 57.4 cm³/mol. The summed E-state index contributed by atoms with van der Waals surface area (Å²) in [6, 6.07) is 0. The monoisotopic (exact) mass is 200 g/mol. The van der Waals surface area contributed by atoms with Crippen LogP contribution < -0.4 is 0 Å². The standard InChI is InChI=1S/C10H17O2P/c1-6-7-12-10(11)13(8(2)3)9(4)5/h1,8-9H,7H2,2-5H3. The molecule has 0 saturated carbocycles. The van der Waals surface area contributed by atoms with E-state index in [4.69, 9.17) is 11.2 Å². The zero-order valence-corrected chi connectivity index (χ0v) is 9.60. The topological polar surface area (TPSA) is 26.3 Å². The molecule has 0 amide bonds. The average molecular weight is 200 g/mol. The Kier molecular flexibility index (Phi) is 5.75. The number of hydrogen-bond donors (Lipinski definition) is 0. The number of carbonyl (C=O) groups excluding carboxylic acids is 1. The Morgan fingerprint density at radius 1 is 1.38 bits per heavy atom. The molecule has 0 atom stereocenters. The van der Waals surface area contributed by atoms with E-state index in [1.165, 1.54) is 0 Å². The maximum atomic E-state index is 11.5. The van der Waals surface area contributed by atoms with Crippen molar-refractivity contribution in [3.05, 3.63) is 0 Å². The molecule has 13 heavy (non-hydrogen) atoms. The molecule has 0 aromatic heterocycles. The Hall–Kier alpha value is -0.540. The lowest BCUT2D eigenvalue weighted by Gasteiger charge is -2.22. The van der Waals surface area contributed by atoms with E-state index in [0.717, 1.165) is 0 Å². The largest absolute Gasteiger partial charge is 0.449 e. The molecule has 0 fully saturated rings. The van der Waals surface area contributed by atoms with Crippen LogP contribution in [0.25, 0.3) is 0 Å². The molecule has 74 valence electrons. The van der Waals surface area contributed by atoms with Gasteiger partial charge in [-0.1, -0.05) is 33.6 Å². The third-order valence-electron chi connectivity index (χ3n) is 1.60. The van der Waals surface area contributed by atoms with Crippen LogP contribution in [0, 0.1) is 12.3 Å². The fourth-order valence-corrected chi connectivity index (χ4v) is 3.45. The zero-order chi connectivity index (χ0) is 10.4. The van der Waals surface area contributed by atoms with Gasteiger partial charge in [0.1, 0.15) is 0 Å². The fraction of sp³-hybridized carbons (Fsp3) is 0.700. The summed E-state index contributed by atoms with van der Waals surface area (Å²) in [7, 11) is -0.708. The van der Waals surface area contributed by atoms with Crippen LogP contribution in [-0.4, -0.2) is 23.6 Å². The summed E-state index contributed by atoms with van der Waals surface area (Å²) in [6.07, 6.45) is 5.01. The molecule has 3 heteroatoms. The van der Waals surface area contributed by atoms with Crippen molar-refractivity contribution in [2.24, 2.45) is 0 Å². The highest BCUT2D eigenvalue weighted by Gasteiger charge is 2.26. The van der Waals surface area contributed by atoms with Gasteiger partial charge in [-0.05, 0) is 11.3 Å². The predicted octanol–water partition coefficient (Wildman–Crippen LogP) is 3.05. The Morgan fingerprint density at radius 2 is 1.85 bits per heavy atom. The quantitative estimate of drug-likeness (QED) is 0.515. The Morgan fingerprint density at radius 3 is 2.15 bits per heavy atom. The summed E-state index contributed by atoms with van der Waals surface area (Å²) in [4.78, 5) is 11.5. The molecular weight excluding hydrogens is 183 g/mol. The van der Waals surface area contributed by atoms with Crippen molar-refractivity contribution in [2.75, 3.05) is 6.61 Å². The lowest BCUT2D eigenvalue weighted by Crippen LogP contribution is -2.13. The van der Waals surface area contributed by atoms with Crippen LogP contribution in [0.3, 0.4) is 0 Å². The molecule has 0 unspecified atom stereocenters. The van der Waals surface area contributed by atoms with Gasteiger partial charge in [0.05, 0.1) is 0 Å². The normalized spacial score (nSPS) is 10.6. The second kappa shape index (κ2) is 6.00. The van der Waals surface area contributed by atoms with Crippen molar-refractivity contribution < 1.29 is 9.53 Å². The number of terminal acetylenes is 1. The van der Waals surface area contributed by atoms with E-state index in [9.17, 15) is 4.79 Å². The van der Waals surface area contributed by atoms with E-state index in [1.807, 2.05) is 27.7 Å². The third-order valence-corrected chi connectivity index (χ3v) is 4.38. The maximum Gasteiger partial charge on any atom is 0.327 e. The Labute approximate surface area is 81.8 Å². The molecule has 0 aromatic rings. The SMILES string of the molecule is C#CCOC(=O)P(C(C)C)C(C)C. The first-order valence-electron chi connectivity index (χ1n) is 4.39. The van der Waals surface area contributed by atoms with E-state index in [1.54, 1.807) is 0 Å². The minimum atomic E-state index is -0.708. The first kappa shape index (κ1) is 12.5. The molecular formula is C10H17O2P. The summed E-state index contributed by atoms with van der Waals surface area (Å²) < 4.78 is 4.93. The van der Waals surface area contributed by atoms with Gasteiger partial charge >= 0.3 is 5.71 Å². The molecule has 0 aromatic carbocycles. The van der Waals surface area contributed by atoms with Crippen molar-refractivity contribution in [1.29, 1.82) is 0 Å². The van der Waals surface area contributed by atoms with Gasteiger partial charge in [-0.15, -0.1) is 6.42 Å². The molecule has 0 aliphatic carbocycles. The summed E-state index contributed by atoms with van der Waals surface area (Å²) in [5.41, 5.74) is 0.610. The van der Waals surface area contributed by atoms with E-state index in [-0.39, 0.29) is 12.3 Å². The number of rotatable bonds is 4. The van der Waals surface area contributed by atoms with Gasteiger partial charge in [0.25, 0.3) is 0 Å². The van der Waals surface area contributed by atoms with Crippen LogP contribution >= 0.6 is 7.92 Å². The minimum absolute atomic E-state index is 0.0944. The first-order chi connectivity index (χ1) is 6.00. The number of carbonyl (C=O) groups is 1. The number of ether oxygens (including phenoxy) is 1. The molecule has 0 aliphatic rings. The smallest absolute Gasteiger partial charge is 0.327 e. The van der Waals surface area contributed by atoms with Gasteiger partial charge in [-0.25, -0.2) is 4.79 Å². The number of hydrogen-bond acceptors (Lipinski definition) is 2. The van der Waals surface area contributed by atoms with E-state index >= 15 is 0 Å². The van der Waals surface area contributed by atoms with Crippen molar-refractivity contribution in [1.82, 2.24) is 0 Å². The molecule has 0 heterocycles. The molecule has 0 saturated heterocycles. The van der Waals surface area contributed by atoms with Gasteiger partial charge < -0.3 is 4.74 Å². The summed E-state index contributed by atoms with van der Waals surface area (Å²) >= 11 is 0. The van der Waals surface area contributed by atoms with Crippen LogP contribution in [-0.2, 0) is 4.74 Å². The first-order valence-corrected chi connectivity index (χ1v) is 5.87. The third kappa shape index (κ3) is 4.29. The van der Waals surface area contributed by atoms with Crippen LogP contribution in [0.1, 0.15) is 27.7 Å². The maximum absolute atomic E-state index is 11.5. The average Bonchev–Trinajstić information content (AvgIpc) is 1.99. The second-order valence-electron chi connectivity index (χ2n) is 3.35. The van der Waals surface area contributed by atoms with E-state index in [2.05, 4.69) is 5.92 Å². The minimum Gasteiger partial charge on any atom is -0.449 e. The zero-order valence-electron chi connectivity index (χ0n) is 8.70. The van der Waals surface area contributed by atoms with E-state index < -0.39 is 7.92 Å². The molecule has 0 aliphatic heterocycles. The van der Waals surface area contributed by atoms with Crippen LogP contribution in [0.15, 0.2) is 0 Å². The van der Waals surface area contributed by atoms with Crippen molar-refractivity contribution in [3.63, 3.8) is 0 Å². The lowest BCUT2D eigenvalue weighted by atomic mass is 10.5. The van der Waals surface area contributed by atoms with Gasteiger partial charge in [-0.3, -0.25) is 0 Å². The van der Waals surface area contributed by atoms with Crippen LogP contribution in [0.4, 0.5) is 4.79 Å². The Balaban J connectivity index is 4.22. The molecule has 0 rings (SSSR count). The second-order valence-corrected chi connectivity index (χ2v) is 6.60. The molecule has 0 bridgehead atoms. The Bertz CT molecular complexity index is 195. The summed E-state index contributed by atoms with van der Waals surface area (Å²) in [5.74, 6) is 2.30. The summed E-state index contributed by atoms with van der Waals surface area (Å²) in [6.45, 7) is 8.27. The lowest BCUT2D eigenvalue weighted by molar-refractivity contribution is 0.188. The van der Waals surface area contributed by atoms with Crippen LogP contribution in [0.5, 0.6) is 0 Å². The van der Waals surface area contributed by atoms with Gasteiger partial charge in [-0.2, -0.15) is 0 Å². The van der Waals surface area contributed by atoms with Gasteiger partial charge in [0, 0.05) is 7.92 Å². The molecule has 2 nitrogen and oxygen atoms in total. The van der Waals surface area contributed by atoms with Crippen molar-refractivity contribution in [3.8, 4) is 12.3 Å². The molecule has 0 spiro atoms. The van der Waals surface area contributed by atoms with E-state index in [0.29, 0.717) is 11.3 Å². The molecule has 0 N–H and O–H groups in total. The van der Waals surface area contributed by atoms with Crippen molar-refractivity contribution in [2.45, 2.75) is 39.0 Å². The van der Waals surface area contributed by atoms with Crippen LogP contribution in [0.2, 0.25) is 0 Å². The highest BCUT2D eigenvalue weighted by Crippen LogP contribution is 2.47. The van der Waals surface area contributed by atoms with Gasteiger partial charge in [0.15, 0.2) is 6.61 Å². The highest BCUT2D eigenvalue weighted by atomic mass is 31.1. The highest BCUT2D eigenvalue weighted by molar-refractivity contribution is 7.75. The molecule has 0 radical (unpaired) electrons. The fourth-order valence-electron chi connectivity index (χ4n) is 1.20. The van der Waals surface area contributed by atoms with Gasteiger partial charge in [0.2, 0.25) is 0 Å². The summed E-state index contributed by atoms with van der Waals surface area (Å²) in [5, 5.41) is 0. The van der Waals surface area contributed by atoms with Crippen molar-refractivity contribution >= 4 is 13.6 Å².